The number of carbonyl (C=O) groups excluding carboxylic acids is 1. The van der Waals surface area contributed by atoms with Crippen LogP contribution in [-0.2, 0) is 17.9 Å². The average Bonchev–Trinajstić information content (AvgIpc) is 2.55. The van der Waals surface area contributed by atoms with E-state index in [0.29, 0.717) is 12.1 Å². The van der Waals surface area contributed by atoms with Crippen LogP contribution < -0.4 is 4.90 Å². The molecule has 0 unspecified atom stereocenters. The number of anilines is 1. The van der Waals surface area contributed by atoms with Crippen molar-refractivity contribution in [1.82, 2.24) is 9.78 Å². The Balaban J connectivity index is 2.40. The summed E-state index contributed by atoms with van der Waals surface area (Å²) in [5.74, 6) is 0.879. The molecule has 5 nitrogen and oxygen atoms in total. The van der Waals surface area contributed by atoms with Gasteiger partial charge < -0.3 is 10.0 Å². The standard InChI is InChI=1S/C9H13N3O2/c1-11-8-5-7(6-13)10-12(8)4-2-3-9(11)14/h5,13H,2-4,6H2,1H3. The van der Waals surface area contributed by atoms with Gasteiger partial charge in [0.25, 0.3) is 0 Å². The van der Waals surface area contributed by atoms with Gasteiger partial charge in [-0.3, -0.25) is 4.79 Å². The van der Waals surface area contributed by atoms with E-state index in [4.69, 9.17) is 5.11 Å². The molecule has 1 amide bonds. The molecular formula is C9H13N3O2. The lowest BCUT2D eigenvalue weighted by Gasteiger charge is -2.13. The Morgan fingerprint density at radius 2 is 2.43 bits per heavy atom. The number of hydrogen-bond donors (Lipinski definition) is 1. The number of carbonyl (C=O) groups is 1. The number of nitrogens with zero attached hydrogens (tertiary/aromatic N) is 3. The Kier molecular flexibility index (Phi) is 2.25. The van der Waals surface area contributed by atoms with Crippen molar-refractivity contribution in [3.05, 3.63) is 11.8 Å². The molecule has 5 heteroatoms. The highest BCUT2D eigenvalue weighted by molar-refractivity contribution is 5.92. The minimum atomic E-state index is -0.0813. The lowest BCUT2D eigenvalue weighted by atomic mass is 10.3. The second-order valence-corrected chi connectivity index (χ2v) is 3.43. The Morgan fingerprint density at radius 1 is 1.64 bits per heavy atom. The fourth-order valence-corrected chi connectivity index (χ4v) is 1.65. The third kappa shape index (κ3) is 1.39. The van der Waals surface area contributed by atoms with Gasteiger partial charge in [-0.15, -0.1) is 0 Å². The SMILES string of the molecule is CN1C(=O)CCCn2nc(CO)cc21. The molecule has 0 aliphatic carbocycles. The number of aryl methyl sites for hydroxylation is 1. The Bertz CT molecular complexity index is 359. The van der Waals surface area contributed by atoms with E-state index in [1.807, 2.05) is 0 Å². The van der Waals surface area contributed by atoms with E-state index in [0.717, 1.165) is 18.8 Å². The first-order chi connectivity index (χ1) is 6.72. The molecule has 0 atom stereocenters. The van der Waals surface area contributed by atoms with Crippen molar-refractivity contribution in [1.29, 1.82) is 0 Å². The molecule has 0 fully saturated rings. The second-order valence-electron chi connectivity index (χ2n) is 3.43. The third-order valence-electron chi connectivity index (χ3n) is 2.45. The van der Waals surface area contributed by atoms with E-state index < -0.39 is 0 Å². The molecule has 14 heavy (non-hydrogen) atoms. The first-order valence-corrected chi connectivity index (χ1v) is 4.66. The van der Waals surface area contributed by atoms with Crippen LogP contribution in [0.4, 0.5) is 5.82 Å². The zero-order valence-corrected chi connectivity index (χ0v) is 8.10. The summed E-state index contributed by atoms with van der Waals surface area (Å²) < 4.78 is 1.77. The molecule has 1 aliphatic heterocycles. The van der Waals surface area contributed by atoms with Gasteiger partial charge in [0, 0.05) is 26.1 Å². The molecule has 0 radical (unpaired) electrons. The number of aliphatic hydroxyl groups is 1. The van der Waals surface area contributed by atoms with Crippen LogP contribution in [0.15, 0.2) is 6.07 Å². The first-order valence-electron chi connectivity index (χ1n) is 4.66. The monoisotopic (exact) mass is 195 g/mol. The van der Waals surface area contributed by atoms with Gasteiger partial charge >= 0.3 is 0 Å². The minimum absolute atomic E-state index is 0.0813. The van der Waals surface area contributed by atoms with E-state index in [2.05, 4.69) is 5.10 Å². The normalized spacial score (nSPS) is 16.7. The summed E-state index contributed by atoms with van der Waals surface area (Å²) in [7, 11) is 1.74. The first kappa shape index (κ1) is 9.21. The van der Waals surface area contributed by atoms with Gasteiger partial charge in [0.2, 0.25) is 5.91 Å². The molecule has 1 N–H and O–H groups in total. The largest absolute Gasteiger partial charge is 0.390 e. The zero-order chi connectivity index (χ0) is 10.1. The summed E-state index contributed by atoms with van der Waals surface area (Å²) >= 11 is 0. The predicted molar refractivity (Wildman–Crippen MR) is 50.8 cm³/mol. The maximum absolute atomic E-state index is 11.5. The molecular weight excluding hydrogens is 182 g/mol. The maximum atomic E-state index is 11.5. The van der Waals surface area contributed by atoms with E-state index in [9.17, 15) is 4.79 Å². The Labute approximate surface area is 81.9 Å². The third-order valence-corrected chi connectivity index (χ3v) is 2.45. The molecule has 0 bridgehead atoms. The molecule has 1 aromatic rings. The number of rotatable bonds is 1. The number of fused-ring (bicyclic) bond motifs is 1. The minimum Gasteiger partial charge on any atom is -0.390 e. The van der Waals surface area contributed by atoms with E-state index in [1.165, 1.54) is 0 Å². The van der Waals surface area contributed by atoms with Crippen molar-refractivity contribution < 1.29 is 9.90 Å². The second kappa shape index (κ2) is 3.42. The molecule has 0 saturated heterocycles. The van der Waals surface area contributed by atoms with Crippen LogP contribution in [0.25, 0.3) is 0 Å². The summed E-state index contributed by atoms with van der Waals surface area (Å²) in [6, 6.07) is 1.75. The quantitative estimate of drug-likeness (QED) is 0.693. The maximum Gasteiger partial charge on any atom is 0.227 e. The van der Waals surface area contributed by atoms with Crippen molar-refractivity contribution in [3.8, 4) is 0 Å². The summed E-state index contributed by atoms with van der Waals surface area (Å²) in [6.07, 6.45) is 1.37. The van der Waals surface area contributed by atoms with Crippen molar-refractivity contribution in [2.24, 2.45) is 0 Å². The van der Waals surface area contributed by atoms with Crippen molar-refractivity contribution in [3.63, 3.8) is 0 Å². The van der Waals surface area contributed by atoms with Crippen LogP contribution in [0, 0.1) is 0 Å². The molecule has 2 heterocycles. The smallest absolute Gasteiger partial charge is 0.227 e. The Morgan fingerprint density at radius 3 is 3.14 bits per heavy atom. The fraction of sp³-hybridized carbons (Fsp3) is 0.556. The van der Waals surface area contributed by atoms with Crippen LogP contribution in [0.5, 0.6) is 0 Å². The predicted octanol–water partition coefficient (Wildman–Crippen LogP) is 0.132. The zero-order valence-electron chi connectivity index (χ0n) is 8.10. The average molecular weight is 195 g/mol. The van der Waals surface area contributed by atoms with Crippen LogP contribution in [0.2, 0.25) is 0 Å². The van der Waals surface area contributed by atoms with Gasteiger partial charge in [-0.25, -0.2) is 4.68 Å². The van der Waals surface area contributed by atoms with Crippen LogP contribution in [-0.4, -0.2) is 27.8 Å². The van der Waals surface area contributed by atoms with Gasteiger partial charge in [0.1, 0.15) is 5.82 Å². The van der Waals surface area contributed by atoms with Crippen LogP contribution >= 0.6 is 0 Å². The molecule has 1 aromatic heterocycles. The summed E-state index contributed by atoms with van der Waals surface area (Å²) in [6.45, 7) is 0.660. The topological polar surface area (TPSA) is 58.4 Å². The highest BCUT2D eigenvalue weighted by Gasteiger charge is 2.20. The van der Waals surface area contributed by atoms with E-state index in [1.54, 1.807) is 22.7 Å². The van der Waals surface area contributed by atoms with Gasteiger partial charge in [0.15, 0.2) is 0 Å². The summed E-state index contributed by atoms with van der Waals surface area (Å²) in [4.78, 5) is 13.1. The van der Waals surface area contributed by atoms with Gasteiger partial charge in [-0.05, 0) is 6.42 Å². The van der Waals surface area contributed by atoms with E-state index in [-0.39, 0.29) is 12.5 Å². The van der Waals surface area contributed by atoms with Gasteiger partial charge in [0.05, 0.1) is 12.3 Å². The van der Waals surface area contributed by atoms with E-state index >= 15 is 0 Å². The Hall–Kier alpha value is -1.36. The molecule has 76 valence electrons. The fourth-order valence-electron chi connectivity index (χ4n) is 1.65. The lowest BCUT2D eigenvalue weighted by molar-refractivity contribution is -0.118. The highest BCUT2D eigenvalue weighted by Crippen LogP contribution is 2.20. The molecule has 0 spiro atoms. The molecule has 1 aliphatic rings. The number of amides is 1. The molecule has 2 rings (SSSR count). The molecule has 0 aromatic carbocycles. The van der Waals surface area contributed by atoms with Crippen molar-refractivity contribution >= 4 is 11.7 Å². The van der Waals surface area contributed by atoms with Crippen molar-refractivity contribution in [2.75, 3.05) is 11.9 Å². The van der Waals surface area contributed by atoms with Gasteiger partial charge in [-0.2, -0.15) is 5.10 Å². The highest BCUT2D eigenvalue weighted by atomic mass is 16.3. The molecule has 0 saturated carbocycles. The summed E-state index contributed by atoms with van der Waals surface area (Å²) in [5.41, 5.74) is 0.613. The number of aromatic nitrogens is 2. The number of aliphatic hydroxyl groups excluding tert-OH is 1. The lowest BCUT2D eigenvalue weighted by Crippen LogP contribution is -2.25. The van der Waals surface area contributed by atoms with Crippen LogP contribution in [0.3, 0.4) is 0 Å². The number of hydrogen-bond acceptors (Lipinski definition) is 3. The van der Waals surface area contributed by atoms with Gasteiger partial charge in [-0.1, -0.05) is 0 Å². The summed E-state index contributed by atoms with van der Waals surface area (Å²) in [5, 5.41) is 13.1. The van der Waals surface area contributed by atoms with Crippen molar-refractivity contribution in [2.45, 2.75) is 26.0 Å². The van der Waals surface area contributed by atoms with Crippen LogP contribution in [0.1, 0.15) is 18.5 Å².